The molecule has 7 heteroatoms. The number of amides is 1. The van der Waals surface area contributed by atoms with E-state index in [4.69, 9.17) is 5.73 Å². The zero-order valence-corrected chi connectivity index (χ0v) is 10.5. The molecule has 1 aromatic heterocycles. The average Bonchev–Trinajstić information content (AvgIpc) is 2.83. The van der Waals surface area contributed by atoms with E-state index in [0.717, 1.165) is 0 Å². The molecule has 0 spiro atoms. The van der Waals surface area contributed by atoms with Crippen LogP contribution in [0.4, 0.5) is 0 Å². The van der Waals surface area contributed by atoms with Gasteiger partial charge in [-0.25, -0.2) is 9.78 Å². The molecule has 1 rings (SSSR count). The number of rotatable bonds is 5. The van der Waals surface area contributed by atoms with Crippen LogP contribution in [0.25, 0.3) is 0 Å². The van der Waals surface area contributed by atoms with Crippen LogP contribution in [0.5, 0.6) is 0 Å². The van der Waals surface area contributed by atoms with Crippen molar-refractivity contribution in [2.45, 2.75) is 25.9 Å². The number of methoxy groups -OCH3 is 1. The quantitative estimate of drug-likeness (QED) is 0.739. The van der Waals surface area contributed by atoms with Gasteiger partial charge in [-0.15, -0.1) is 11.3 Å². The van der Waals surface area contributed by atoms with Gasteiger partial charge in [0.05, 0.1) is 7.11 Å². The summed E-state index contributed by atoms with van der Waals surface area (Å²) >= 11 is 1.31. The molecule has 0 saturated carbocycles. The smallest absolute Gasteiger partial charge is 0.328 e. The highest BCUT2D eigenvalue weighted by molar-refractivity contribution is 7.09. The maximum absolute atomic E-state index is 11.7. The molecular formula is C10H15N3O3S. The van der Waals surface area contributed by atoms with Crippen LogP contribution in [0.3, 0.4) is 0 Å². The summed E-state index contributed by atoms with van der Waals surface area (Å²) in [5.41, 5.74) is 5.68. The number of thiazole rings is 1. The molecule has 0 aromatic carbocycles. The highest BCUT2D eigenvalue weighted by Crippen LogP contribution is 2.09. The van der Waals surface area contributed by atoms with Crippen LogP contribution in [-0.2, 0) is 16.1 Å². The summed E-state index contributed by atoms with van der Waals surface area (Å²) in [6.45, 7) is 2.08. The van der Waals surface area contributed by atoms with E-state index in [1.807, 2.05) is 0 Å². The number of nitrogens with one attached hydrogen (secondary N) is 1. The lowest BCUT2D eigenvalue weighted by Gasteiger charge is -2.13. The van der Waals surface area contributed by atoms with Gasteiger partial charge in [-0.05, 0) is 6.42 Å². The van der Waals surface area contributed by atoms with Gasteiger partial charge in [0.1, 0.15) is 16.7 Å². The van der Waals surface area contributed by atoms with E-state index < -0.39 is 17.9 Å². The van der Waals surface area contributed by atoms with Crippen molar-refractivity contribution in [3.8, 4) is 0 Å². The van der Waals surface area contributed by atoms with Crippen LogP contribution in [0.2, 0.25) is 0 Å². The van der Waals surface area contributed by atoms with Gasteiger partial charge >= 0.3 is 5.97 Å². The minimum atomic E-state index is -0.643. The highest BCUT2D eigenvalue weighted by Gasteiger charge is 2.21. The molecule has 1 unspecified atom stereocenters. The Balaban J connectivity index is 2.67. The van der Waals surface area contributed by atoms with Crippen molar-refractivity contribution in [2.24, 2.45) is 5.73 Å². The van der Waals surface area contributed by atoms with E-state index >= 15 is 0 Å². The summed E-state index contributed by atoms with van der Waals surface area (Å²) in [4.78, 5) is 27.1. The summed E-state index contributed by atoms with van der Waals surface area (Å²) in [6.07, 6.45) is 0.465. The Labute approximate surface area is 103 Å². The molecule has 1 aromatic rings. The van der Waals surface area contributed by atoms with E-state index in [9.17, 15) is 9.59 Å². The number of ether oxygens (including phenoxy) is 1. The second-order valence-electron chi connectivity index (χ2n) is 3.29. The van der Waals surface area contributed by atoms with Gasteiger partial charge in [0.2, 0.25) is 0 Å². The Bertz CT molecular complexity index is 405. The first-order chi connectivity index (χ1) is 8.12. The number of hydrogen-bond donors (Lipinski definition) is 2. The Morgan fingerprint density at radius 2 is 2.35 bits per heavy atom. The molecule has 1 amide bonds. The molecule has 17 heavy (non-hydrogen) atoms. The average molecular weight is 257 g/mol. The lowest BCUT2D eigenvalue weighted by molar-refractivity contribution is -0.142. The molecule has 0 aliphatic heterocycles. The summed E-state index contributed by atoms with van der Waals surface area (Å²) in [5, 5.41) is 4.86. The van der Waals surface area contributed by atoms with Crippen LogP contribution in [0.15, 0.2) is 5.38 Å². The van der Waals surface area contributed by atoms with Crippen LogP contribution in [-0.4, -0.2) is 30.0 Å². The van der Waals surface area contributed by atoms with Crippen LogP contribution in [0.1, 0.15) is 28.8 Å². The zero-order chi connectivity index (χ0) is 12.8. The Morgan fingerprint density at radius 1 is 1.65 bits per heavy atom. The van der Waals surface area contributed by atoms with Crippen molar-refractivity contribution in [2.75, 3.05) is 7.11 Å². The molecule has 0 aliphatic rings. The van der Waals surface area contributed by atoms with Crippen molar-refractivity contribution < 1.29 is 14.3 Å². The van der Waals surface area contributed by atoms with Crippen molar-refractivity contribution in [3.63, 3.8) is 0 Å². The number of esters is 1. The van der Waals surface area contributed by atoms with E-state index in [0.29, 0.717) is 18.0 Å². The molecule has 0 bridgehead atoms. The SMILES string of the molecule is CCC(NC(=O)c1csc(CN)n1)C(=O)OC. The van der Waals surface area contributed by atoms with E-state index in [2.05, 4.69) is 15.0 Å². The highest BCUT2D eigenvalue weighted by atomic mass is 32.1. The lowest BCUT2D eigenvalue weighted by Crippen LogP contribution is -2.41. The third-order valence-corrected chi connectivity index (χ3v) is 3.03. The van der Waals surface area contributed by atoms with Crippen molar-refractivity contribution in [1.82, 2.24) is 10.3 Å². The van der Waals surface area contributed by atoms with Gasteiger partial charge < -0.3 is 15.8 Å². The molecule has 94 valence electrons. The standard InChI is InChI=1S/C10H15N3O3S/c1-3-6(10(15)16-2)13-9(14)7-5-17-8(4-11)12-7/h5-6H,3-4,11H2,1-2H3,(H,13,14). The normalized spacial score (nSPS) is 11.9. The minimum Gasteiger partial charge on any atom is -0.467 e. The first kappa shape index (κ1) is 13.6. The number of carbonyl (C=O) groups is 2. The molecule has 6 nitrogen and oxygen atoms in total. The number of nitrogens with two attached hydrogens (primary N) is 1. The van der Waals surface area contributed by atoms with Gasteiger partial charge in [0, 0.05) is 11.9 Å². The number of nitrogens with zero attached hydrogens (tertiary/aromatic N) is 1. The maximum Gasteiger partial charge on any atom is 0.328 e. The Morgan fingerprint density at radius 3 is 2.82 bits per heavy atom. The first-order valence-corrected chi connectivity index (χ1v) is 6.03. The zero-order valence-electron chi connectivity index (χ0n) is 9.73. The van der Waals surface area contributed by atoms with Crippen molar-refractivity contribution in [1.29, 1.82) is 0 Å². The predicted molar refractivity (Wildman–Crippen MR) is 63.6 cm³/mol. The summed E-state index contributed by atoms with van der Waals surface area (Å²) in [6, 6.07) is -0.643. The summed E-state index contributed by atoms with van der Waals surface area (Å²) in [5.74, 6) is -0.853. The van der Waals surface area contributed by atoms with Crippen molar-refractivity contribution >= 4 is 23.2 Å². The fourth-order valence-electron chi connectivity index (χ4n) is 1.21. The molecule has 3 N–H and O–H groups in total. The molecule has 0 fully saturated rings. The molecule has 0 aliphatic carbocycles. The second kappa shape index (κ2) is 6.31. The van der Waals surface area contributed by atoms with Gasteiger partial charge in [0.25, 0.3) is 5.91 Å². The molecule has 0 saturated heterocycles. The van der Waals surface area contributed by atoms with Crippen molar-refractivity contribution in [3.05, 3.63) is 16.1 Å². The summed E-state index contributed by atoms with van der Waals surface area (Å²) < 4.78 is 4.57. The molecular weight excluding hydrogens is 242 g/mol. The van der Waals surface area contributed by atoms with E-state index in [1.165, 1.54) is 18.4 Å². The third kappa shape index (κ3) is 3.50. The van der Waals surface area contributed by atoms with Gasteiger partial charge in [-0.1, -0.05) is 6.92 Å². The van der Waals surface area contributed by atoms with Gasteiger partial charge in [-0.3, -0.25) is 4.79 Å². The minimum absolute atomic E-state index is 0.276. The number of hydrogen-bond acceptors (Lipinski definition) is 6. The van der Waals surface area contributed by atoms with Crippen LogP contribution >= 0.6 is 11.3 Å². The fourth-order valence-corrected chi connectivity index (χ4v) is 1.87. The molecule has 1 heterocycles. The largest absolute Gasteiger partial charge is 0.467 e. The summed E-state index contributed by atoms with van der Waals surface area (Å²) in [7, 11) is 1.28. The monoisotopic (exact) mass is 257 g/mol. The Hall–Kier alpha value is -1.47. The van der Waals surface area contributed by atoms with E-state index in [-0.39, 0.29) is 5.69 Å². The Kier molecular flexibility index (Phi) is 5.05. The van der Waals surface area contributed by atoms with Crippen LogP contribution in [0, 0.1) is 0 Å². The molecule has 0 radical (unpaired) electrons. The van der Waals surface area contributed by atoms with E-state index in [1.54, 1.807) is 12.3 Å². The third-order valence-electron chi connectivity index (χ3n) is 2.16. The van der Waals surface area contributed by atoms with Gasteiger partial charge in [0.15, 0.2) is 0 Å². The first-order valence-electron chi connectivity index (χ1n) is 5.15. The fraction of sp³-hybridized carbons (Fsp3) is 0.500. The predicted octanol–water partition coefficient (Wildman–Crippen LogP) is 0.283. The van der Waals surface area contributed by atoms with Crippen LogP contribution < -0.4 is 11.1 Å². The maximum atomic E-state index is 11.7. The second-order valence-corrected chi connectivity index (χ2v) is 4.23. The number of aromatic nitrogens is 1. The van der Waals surface area contributed by atoms with Gasteiger partial charge in [-0.2, -0.15) is 0 Å². The number of carbonyl (C=O) groups excluding carboxylic acids is 2. The molecule has 1 atom stereocenters. The lowest BCUT2D eigenvalue weighted by atomic mass is 10.2. The topological polar surface area (TPSA) is 94.3 Å².